The van der Waals surface area contributed by atoms with Crippen molar-refractivity contribution in [1.29, 1.82) is 0 Å². The number of nitrogens with one attached hydrogen (secondary N) is 2. The van der Waals surface area contributed by atoms with E-state index in [1.54, 1.807) is 0 Å². The Hall–Kier alpha value is -0.320. The first-order valence-electron chi connectivity index (χ1n) is 5.92. The lowest BCUT2D eigenvalue weighted by Gasteiger charge is -2.09. The molecule has 2 fully saturated rings. The molecule has 0 unspecified atom stereocenters. The zero-order valence-corrected chi connectivity index (χ0v) is 10.4. The third-order valence-electron chi connectivity index (χ3n) is 3.03. The Balaban J connectivity index is 0.00000128. The monoisotopic (exact) mass is 248 g/mol. The second-order valence-corrected chi connectivity index (χ2v) is 4.50. The molecule has 4 nitrogen and oxygen atoms in total. The molecule has 94 valence electrons. The van der Waals surface area contributed by atoms with Crippen LogP contribution in [-0.2, 0) is 9.53 Å². The van der Waals surface area contributed by atoms with Crippen molar-refractivity contribution < 1.29 is 9.53 Å². The first-order valence-corrected chi connectivity index (χ1v) is 5.92. The molecule has 1 aliphatic carbocycles. The number of ether oxygens (including phenoxy) is 1. The number of rotatable bonds is 6. The highest BCUT2D eigenvalue weighted by atomic mass is 35.5. The second-order valence-electron chi connectivity index (χ2n) is 4.50. The molecule has 0 spiro atoms. The maximum Gasteiger partial charge on any atom is 0.224 e. The Labute approximate surface area is 103 Å². The van der Waals surface area contributed by atoms with Crippen LogP contribution in [0.2, 0.25) is 0 Å². The van der Waals surface area contributed by atoms with Crippen LogP contribution in [0.4, 0.5) is 0 Å². The smallest absolute Gasteiger partial charge is 0.224 e. The van der Waals surface area contributed by atoms with Gasteiger partial charge in [-0.1, -0.05) is 0 Å². The topological polar surface area (TPSA) is 50.4 Å². The molecular weight excluding hydrogens is 228 g/mol. The van der Waals surface area contributed by atoms with E-state index < -0.39 is 0 Å². The summed E-state index contributed by atoms with van der Waals surface area (Å²) >= 11 is 0. The van der Waals surface area contributed by atoms with E-state index in [0.717, 1.165) is 32.0 Å². The van der Waals surface area contributed by atoms with Crippen LogP contribution >= 0.6 is 12.4 Å². The first kappa shape index (κ1) is 13.7. The van der Waals surface area contributed by atoms with Crippen molar-refractivity contribution in [3.05, 3.63) is 0 Å². The molecule has 0 aromatic heterocycles. The molecule has 1 amide bonds. The van der Waals surface area contributed by atoms with Crippen LogP contribution in [0.25, 0.3) is 0 Å². The van der Waals surface area contributed by atoms with Crippen molar-refractivity contribution in [2.24, 2.45) is 11.8 Å². The van der Waals surface area contributed by atoms with Crippen LogP contribution in [0, 0.1) is 11.8 Å². The largest absolute Gasteiger partial charge is 0.379 e. The van der Waals surface area contributed by atoms with Gasteiger partial charge in [-0.3, -0.25) is 4.79 Å². The molecule has 2 N–H and O–H groups in total. The number of carbonyl (C=O) groups excluding carboxylic acids is 1. The van der Waals surface area contributed by atoms with E-state index in [9.17, 15) is 4.79 Å². The molecule has 1 aliphatic heterocycles. The van der Waals surface area contributed by atoms with E-state index in [2.05, 4.69) is 10.6 Å². The summed E-state index contributed by atoms with van der Waals surface area (Å²) in [6.07, 6.45) is 3.61. The van der Waals surface area contributed by atoms with Gasteiger partial charge in [0.15, 0.2) is 0 Å². The van der Waals surface area contributed by atoms with Gasteiger partial charge in [-0.25, -0.2) is 0 Å². The van der Waals surface area contributed by atoms with Crippen molar-refractivity contribution in [3.8, 4) is 0 Å². The molecular formula is C11H21ClN2O2. The van der Waals surface area contributed by atoms with Crippen molar-refractivity contribution in [2.75, 3.05) is 32.8 Å². The van der Waals surface area contributed by atoms with Gasteiger partial charge in [0.05, 0.1) is 12.5 Å². The lowest BCUT2D eigenvalue weighted by Crippen LogP contribution is -2.34. The van der Waals surface area contributed by atoms with E-state index in [1.165, 1.54) is 12.8 Å². The summed E-state index contributed by atoms with van der Waals surface area (Å²) in [5.41, 5.74) is 0. The SMILES string of the molecule is Cl.O=C(NCCOCC1CC1)[C@H]1CCNC1. The summed E-state index contributed by atoms with van der Waals surface area (Å²) < 4.78 is 5.44. The van der Waals surface area contributed by atoms with Crippen LogP contribution in [0.1, 0.15) is 19.3 Å². The highest BCUT2D eigenvalue weighted by Gasteiger charge is 2.22. The minimum absolute atomic E-state index is 0. The molecule has 5 heteroatoms. The average molecular weight is 249 g/mol. The summed E-state index contributed by atoms with van der Waals surface area (Å²) in [5.74, 6) is 1.16. The van der Waals surface area contributed by atoms with Gasteiger partial charge in [-0.15, -0.1) is 12.4 Å². The van der Waals surface area contributed by atoms with Crippen molar-refractivity contribution >= 4 is 18.3 Å². The first-order chi connectivity index (χ1) is 7.36. The average Bonchev–Trinajstić information content (AvgIpc) is 2.90. The number of hydrogen-bond donors (Lipinski definition) is 2. The van der Waals surface area contributed by atoms with E-state index >= 15 is 0 Å². The quantitative estimate of drug-likeness (QED) is 0.676. The summed E-state index contributed by atoms with van der Waals surface area (Å²) in [4.78, 5) is 11.5. The van der Waals surface area contributed by atoms with E-state index in [4.69, 9.17) is 4.74 Å². The zero-order valence-electron chi connectivity index (χ0n) is 9.54. The van der Waals surface area contributed by atoms with Crippen LogP contribution in [0.5, 0.6) is 0 Å². The molecule has 1 atom stereocenters. The van der Waals surface area contributed by atoms with E-state index in [-0.39, 0.29) is 24.2 Å². The Kier molecular flexibility index (Phi) is 6.09. The normalized spacial score (nSPS) is 23.9. The van der Waals surface area contributed by atoms with Gasteiger partial charge in [0.1, 0.15) is 0 Å². The fourth-order valence-electron chi connectivity index (χ4n) is 1.80. The van der Waals surface area contributed by atoms with Gasteiger partial charge in [0.2, 0.25) is 5.91 Å². The van der Waals surface area contributed by atoms with Gasteiger partial charge < -0.3 is 15.4 Å². The van der Waals surface area contributed by atoms with Crippen LogP contribution in [0.15, 0.2) is 0 Å². The molecule has 1 saturated heterocycles. The lowest BCUT2D eigenvalue weighted by atomic mass is 10.1. The third-order valence-corrected chi connectivity index (χ3v) is 3.03. The predicted molar refractivity (Wildman–Crippen MR) is 64.8 cm³/mol. The maximum atomic E-state index is 11.5. The minimum Gasteiger partial charge on any atom is -0.379 e. The minimum atomic E-state index is 0. The highest BCUT2D eigenvalue weighted by molar-refractivity contribution is 5.85. The Morgan fingerprint density at radius 1 is 1.38 bits per heavy atom. The van der Waals surface area contributed by atoms with Gasteiger partial charge in [-0.2, -0.15) is 0 Å². The van der Waals surface area contributed by atoms with Crippen LogP contribution < -0.4 is 10.6 Å². The number of hydrogen-bond acceptors (Lipinski definition) is 3. The predicted octanol–water partition coefficient (Wildman–Crippen LogP) is 0.560. The standard InChI is InChI=1S/C11H20N2O2.ClH/c14-11(10-3-4-12-7-10)13-5-6-15-8-9-1-2-9;/h9-10,12H,1-8H2,(H,13,14);1H/t10-;/m0./s1. The van der Waals surface area contributed by atoms with Crippen LogP contribution in [-0.4, -0.2) is 38.8 Å². The molecule has 1 saturated carbocycles. The van der Waals surface area contributed by atoms with E-state index in [0.29, 0.717) is 13.2 Å². The van der Waals surface area contributed by atoms with Crippen LogP contribution in [0.3, 0.4) is 0 Å². The Morgan fingerprint density at radius 3 is 2.81 bits per heavy atom. The summed E-state index contributed by atoms with van der Waals surface area (Å²) in [5, 5.41) is 6.10. The number of halogens is 1. The Bertz CT molecular complexity index is 216. The van der Waals surface area contributed by atoms with Gasteiger partial charge in [0, 0.05) is 19.7 Å². The molecule has 0 radical (unpaired) electrons. The van der Waals surface area contributed by atoms with Crippen molar-refractivity contribution in [2.45, 2.75) is 19.3 Å². The summed E-state index contributed by atoms with van der Waals surface area (Å²) in [6, 6.07) is 0. The molecule has 0 bridgehead atoms. The van der Waals surface area contributed by atoms with Gasteiger partial charge in [-0.05, 0) is 31.7 Å². The molecule has 2 aliphatic rings. The fraction of sp³-hybridized carbons (Fsp3) is 0.909. The van der Waals surface area contributed by atoms with Gasteiger partial charge in [0.25, 0.3) is 0 Å². The lowest BCUT2D eigenvalue weighted by molar-refractivity contribution is -0.124. The molecule has 16 heavy (non-hydrogen) atoms. The Morgan fingerprint density at radius 2 is 2.19 bits per heavy atom. The van der Waals surface area contributed by atoms with Gasteiger partial charge >= 0.3 is 0 Å². The number of amides is 1. The second kappa shape index (κ2) is 7.09. The maximum absolute atomic E-state index is 11.5. The fourth-order valence-corrected chi connectivity index (χ4v) is 1.80. The zero-order chi connectivity index (χ0) is 10.5. The molecule has 0 aromatic rings. The molecule has 0 aromatic carbocycles. The summed E-state index contributed by atoms with van der Waals surface area (Å²) in [6.45, 7) is 3.98. The highest BCUT2D eigenvalue weighted by Crippen LogP contribution is 2.28. The third kappa shape index (κ3) is 4.68. The summed E-state index contributed by atoms with van der Waals surface area (Å²) in [7, 11) is 0. The number of carbonyl (C=O) groups is 1. The molecule has 2 rings (SSSR count). The van der Waals surface area contributed by atoms with Crippen molar-refractivity contribution in [3.63, 3.8) is 0 Å². The molecule has 1 heterocycles. The van der Waals surface area contributed by atoms with Crippen molar-refractivity contribution in [1.82, 2.24) is 10.6 Å². The van der Waals surface area contributed by atoms with E-state index in [1.807, 2.05) is 0 Å².